The second-order valence-corrected chi connectivity index (χ2v) is 11.1. The summed E-state index contributed by atoms with van der Waals surface area (Å²) in [6, 6.07) is 0. The Labute approximate surface area is 174 Å². The Kier molecular flexibility index (Phi) is 4.79. The van der Waals surface area contributed by atoms with Gasteiger partial charge in [-0.05, 0) is 94.5 Å². The normalized spacial score (nSPS) is 45.7. The molecule has 4 nitrogen and oxygen atoms in total. The molecule has 0 aliphatic heterocycles. The number of carbonyl (C=O) groups is 2. The second kappa shape index (κ2) is 6.72. The first-order valence-corrected chi connectivity index (χ1v) is 11.3. The number of hydrogen-bond donors (Lipinski definition) is 1. The minimum atomic E-state index is -0.644. The van der Waals surface area contributed by atoms with Crippen LogP contribution in [0, 0.1) is 34.0 Å². The largest absolute Gasteiger partial charge is 0.481 e. The summed E-state index contributed by atoms with van der Waals surface area (Å²) in [5.41, 5.74) is 1.32. The predicted molar refractivity (Wildman–Crippen MR) is 112 cm³/mol. The van der Waals surface area contributed by atoms with E-state index in [-0.39, 0.29) is 28.8 Å². The summed E-state index contributed by atoms with van der Waals surface area (Å²) in [7, 11) is 0. The third kappa shape index (κ3) is 2.84. The molecule has 4 aliphatic rings. The van der Waals surface area contributed by atoms with Gasteiger partial charge < -0.3 is 9.84 Å². The van der Waals surface area contributed by atoms with E-state index in [0.29, 0.717) is 11.8 Å². The third-order valence-electron chi connectivity index (χ3n) is 9.31. The zero-order chi connectivity index (χ0) is 21.2. The second-order valence-electron chi connectivity index (χ2n) is 11.1. The Hall–Kier alpha value is -1.58. The number of carbonyl (C=O) groups excluding carboxylic acids is 1. The highest BCUT2D eigenvalue weighted by Gasteiger charge is 2.68. The van der Waals surface area contributed by atoms with Crippen LogP contribution < -0.4 is 0 Å². The van der Waals surface area contributed by atoms with Gasteiger partial charge in [-0.15, -0.1) is 0 Å². The smallest absolute Gasteiger partial charge is 0.331 e. The molecule has 0 aromatic carbocycles. The van der Waals surface area contributed by atoms with Crippen molar-refractivity contribution in [3.8, 4) is 0 Å². The third-order valence-corrected chi connectivity index (χ3v) is 9.31. The van der Waals surface area contributed by atoms with Crippen molar-refractivity contribution in [3.05, 3.63) is 23.8 Å². The van der Waals surface area contributed by atoms with Gasteiger partial charge in [-0.1, -0.05) is 25.5 Å². The molecule has 0 aromatic rings. The molecule has 0 amide bonds. The predicted octanol–water partition coefficient (Wildman–Crippen LogP) is 5.53. The molecule has 0 heterocycles. The van der Waals surface area contributed by atoms with E-state index in [1.807, 2.05) is 20.8 Å². The van der Waals surface area contributed by atoms with Crippen LogP contribution >= 0.6 is 0 Å². The molecule has 4 rings (SSSR count). The fourth-order valence-corrected chi connectivity index (χ4v) is 8.17. The van der Waals surface area contributed by atoms with Gasteiger partial charge in [0.25, 0.3) is 0 Å². The Balaban J connectivity index is 1.72. The van der Waals surface area contributed by atoms with Crippen molar-refractivity contribution >= 4 is 11.9 Å². The number of carboxylic acids is 1. The van der Waals surface area contributed by atoms with Crippen molar-refractivity contribution in [1.29, 1.82) is 0 Å². The van der Waals surface area contributed by atoms with Crippen molar-refractivity contribution in [2.24, 2.45) is 34.0 Å². The Bertz CT molecular complexity index is 778. The van der Waals surface area contributed by atoms with Gasteiger partial charge in [0.15, 0.2) is 0 Å². The van der Waals surface area contributed by atoms with E-state index >= 15 is 0 Å². The molecular weight excluding hydrogens is 364 g/mol. The van der Waals surface area contributed by atoms with E-state index < -0.39 is 11.4 Å². The van der Waals surface area contributed by atoms with Crippen LogP contribution in [0.3, 0.4) is 0 Å². The highest BCUT2D eigenvalue weighted by molar-refractivity contribution is 5.83. The summed E-state index contributed by atoms with van der Waals surface area (Å²) in [6.45, 7) is 12.5. The minimum Gasteiger partial charge on any atom is -0.481 e. The standard InChI is InChI=1S/C25H36O4/c1-15(2)13-20(26)29-21-16(3)17-7-8-19-23(4)10-6-11-24(5,22(27)28)18(23)9-12-25(19,21)14-17/h13,17-19,21H,3,6-12,14H2,1-2,4-5H3,(H,27,28)/t17-,18+,19-,21+,23-,24-,25-/m1/s1. The maximum Gasteiger partial charge on any atom is 0.331 e. The van der Waals surface area contributed by atoms with Crippen LogP contribution in [0.2, 0.25) is 0 Å². The van der Waals surface area contributed by atoms with E-state index in [9.17, 15) is 14.7 Å². The number of carboxylic acid groups (broad SMARTS) is 1. The molecule has 0 saturated heterocycles. The number of allylic oxidation sites excluding steroid dienone is 1. The summed E-state index contributed by atoms with van der Waals surface area (Å²) >= 11 is 0. The van der Waals surface area contributed by atoms with E-state index in [4.69, 9.17) is 4.74 Å². The van der Waals surface area contributed by atoms with E-state index in [0.717, 1.165) is 62.5 Å². The summed E-state index contributed by atoms with van der Waals surface area (Å²) in [5.74, 6) is 0.123. The Morgan fingerprint density at radius 1 is 1.10 bits per heavy atom. The van der Waals surface area contributed by atoms with Crippen molar-refractivity contribution in [3.63, 3.8) is 0 Å². The topological polar surface area (TPSA) is 63.6 Å². The summed E-state index contributed by atoms with van der Waals surface area (Å²) in [5, 5.41) is 10.1. The highest BCUT2D eigenvalue weighted by Crippen LogP contribution is 2.72. The first-order chi connectivity index (χ1) is 13.5. The van der Waals surface area contributed by atoms with Crippen LogP contribution in [-0.2, 0) is 14.3 Å². The van der Waals surface area contributed by atoms with E-state index in [1.165, 1.54) is 0 Å². The fraction of sp³-hybridized carbons (Fsp3) is 0.760. The lowest BCUT2D eigenvalue weighted by Gasteiger charge is -2.63. The maximum atomic E-state index is 12.6. The van der Waals surface area contributed by atoms with Gasteiger partial charge >= 0.3 is 11.9 Å². The molecule has 4 fully saturated rings. The van der Waals surface area contributed by atoms with Gasteiger partial charge in [0.1, 0.15) is 6.10 Å². The molecule has 0 radical (unpaired) electrons. The minimum absolute atomic E-state index is 0.0135. The lowest BCUT2D eigenvalue weighted by molar-refractivity contribution is -0.195. The van der Waals surface area contributed by atoms with Crippen LogP contribution in [-0.4, -0.2) is 23.1 Å². The molecule has 0 aromatic heterocycles. The Morgan fingerprint density at radius 3 is 2.48 bits per heavy atom. The molecular formula is C25H36O4. The van der Waals surface area contributed by atoms with Crippen LogP contribution in [0.5, 0.6) is 0 Å². The van der Waals surface area contributed by atoms with E-state index in [1.54, 1.807) is 6.08 Å². The highest BCUT2D eigenvalue weighted by atomic mass is 16.5. The average Bonchev–Trinajstić information content (AvgIpc) is 2.81. The first kappa shape index (κ1) is 20.7. The van der Waals surface area contributed by atoms with Gasteiger partial charge in [-0.2, -0.15) is 0 Å². The molecule has 0 unspecified atom stereocenters. The molecule has 7 atom stereocenters. The molecule has 160 valence electrons. The van der Waals surface area contributed by atoms with Gasteiger partial charge in [-0.25, -0.2) is 4.79 Å². The SMILES string of the molecule is C=C1[C@@H]2CC[C@@H]3[C@]4(C)CCC[C@@](C)(C(=O)O)[C@H]4CC[C@]3(C2)[C@H]1OC(=O)C=C(C)C. The molecule has 4 aliphatic carbocycles. The Morgan fingerprint density at radius 2 is 1.83 bits per heavy atom. The monoisotopic (exact) mass is 400 g/mol. The molecule has 4 saturated carbocycles. The number of hydrogen-bond acceptors (Lipinski definition) is 3. The average molecular weight is 401 g/mol. The zero-order valence-electron chi connectivity index (χ0n) is 18.4. The zero-order valence-corrected chi connectivity index (χ0v) is 18.4. The van der Waals surface area contributed by atoms with Gasteiger partial charge in [0.2, 0.25) is 0 Å². The van der Waals surface area contributed by atoms with Crippen LogP contribution in [0.1, 0.15) is 79.1 Å². The number of rotatable bonds is 3. The summed E-state index contributed by atoms with van der Waals surface area (Å²) < 4.78 is 6.10. The fourth-order valence-electron chi connectivity index (χ4n) is 8.17. The first-order valence-electron chi connectivity index (χ1n) is 11.3. The lowest BCUT2D eigenvalue weighted by Crippen LogP contribution is -2.60. The quantitative estimate of drug-likeness (QED) is 0.384. The lowest BCUT2D eigenvalue weighted by atomic mass is 9.40. The molecule has 1 spiro atoms. The summed E-state index contributed by atoms with van der Waals surface area (Å²) in [4.78, 5) is 24.8. The maximum absolute atomic E-state index is 12.6. The van der Waals surface area contributed by atoms with Gasteiger partial charge in [-0.3, -0.25) is 4.79 Å². The van der Waals surface area contributed by atoms with Crippen LogP contribution in [0.15, 0.2) is 23.8 Å². The van der Waals surface area contributed by atoms with Crippen molar-refractivity contribution < 1.29 is 19.4 Å². The van der Waals surface area contributed by atoms with Crippen molar-refractivity contribution in [1.82, 2.24) is 0 Å². The van der Waals surface area contributed by atoms with Crippen LogP contribution in [0.4, 0.5) is 0 Å². The molecule has 1 N–H and O–H groups in total. The summed E-state index contributed by atoms with van der Waals surface area (Å²) in [6.07, 6.45) is 9.28. The van der Waals surface area contributed by atoms with Crippen molar-refractivity contribution in [2.75, 3.05) is 0 Å². The van der Waals surface area contributed by atoms with Crippen LogP contribution in [0.25, 0.3) is 0 Å². The number of aliphatic carboxylic acids is 1. The number of esters is 1. The van der Waals surface area contributed by atoms with Gasteiger partial charge in [0.05, 0.1) is 5.41 Å². The molecule has 4 heteroatoms. The molecule has 2 bridgehead atoms. The van der Waals surface area contributed by atoms with Gasteiger partial charge in [0, 0.05) is 11.5 Å². The van der Waals surface area contributed by atoms with E-state index in [2.05, 4.69) is 13.5 Å². The molecule has 29 heavy (non-hydrogen) atoms. The van der Waals surface area contributed by atoms with Crippen molar-refractivity contribution in [2.45, 2.75) is 85.2 Å². The number of ether oxygens (including phenoxy) is 1. The number of fused-ring (bicyclic) bond motifs is 3.